The lowest BCUT2D eigenvalue weighted by atomic mass is 9.98. The maximum atomic E-state index is 10.6. The van der Waals surface area contributed by atoms with Gasteiger partial charge in [0.2, 0.25) is 5.91 Å². The minimum absolute atomic E-state index is 0.0359. The van der Waals surface area contributed by atoms with Crippen LogP contribution in [0.15, 0.2) is 0 Å². The molecule has 4 rings (SSSR count). The summed E-state index contributed by atoms with van der Waals surface area (Å²) in [6.45, 7) is 0.888. The van der Waals surface area contributed by atoms with Crippen molar-refractivity contribution < 1.29 is 19.5 Å². The molecule has 0 aromatic carbocycles. The number of amides is 1. The van der Waals surface area contributed by atoms with Crippen LogP contribution in [0, 0.1) is 0 Å². The van der Waals surface area contributed by atoms with Gasteiger partial charge in [-0.15, -0.1) is 0 Å². The molecule has 1 heterocycles. The summed E-state index contributed by atoms with van der Waals surface area (Å²) in [4.78, 5) is 31.5. The van der Waals surface area contributed by atoms with Gasteiger partial charge in [0, 0.05) is 38.6 Å². The minimum atomic E-state index is 0.0359. The maximum Gasteiger partial charge on any atom is 0.219 e. The Labute approximate surface area is 177 Å². The first-order valence-corrected chi connectivity index (χ1v) is 12.1. The first kappa shape index (κ1) is 25.8. The molecular formula is C24H43NO4. The molecule has 0 unspecified atom stereocenters. The number of hydrogen-bond acceptors (Lipinski definition) is 4. The molecule has 4 aliphatic rings. The van der Waals surface area contributed by atoms with Crippen molar-refractivity contribution in [2.45, 2.75) is 128 Å². The van der Waals surface area contributed by atoms with Crippen LogP contribution in [0.25, 0.3) is 0 Å². The van der Waals surface area contributed by atoms with E-state index >= 15 is 0 Å². The van der Waals surface area contributed by atoms with Crippen molar-refractivity contribution in [1.82, 2.24) is 5.32 Å². The van der Waals surface area contributed by atoms with Crippen LogP contribution in [0.2, 0.25) is 0 Å². The Balaban J connectivity index is 0.000000194. The van der Waals surface area contributed by atoms with Gasteiger partial charge in [0.15, 0.2) is 0 Å². The van der Waals surface area contributed by atoms with E-state index in [9.17, 15) is 14.4 Å². The zero-order valence-electron chi connectivity index (χ0n) is 18.4. The van der Waals surface area contributed by atoms with E-state index in [4.69, 9.17) is 5.11 Å². The molecule has 0 aromatic heterocycles. The largest absolute Gasteiger partial charge is 0.393 e. The molecule has 168 valence electrons. The van der Waals surface area contributed by atoms with E-state index in [0.29, 0.717) is 11.6 Å². The fourth-order valence-electron chi connectivity index (χ4n) is 3.88. The second-order valence-corrected chi connectivity index (χ2v) is 8.65. The van der Waals surface area contributed by atoms with Crippen molar-refractivity contribution >= 4 is 17.5 Å². The quantitative estimate of drug-likeness (QED) is 0.588. The summed E-state index contributed by atoms with van der Waals surface area (Å²) >= 11 is 0. The maximum absolute atomic E-state index is 10.6. The van der Waals surface area contributed by atoms with Gasteiger partial charge in [0.1, 0.15) is 11.6 Å². The van der Waals surface area contributed by atoms with Crippen LogP contribution >= 0.6 is 0 Å². The lowest BCUT2D eigenvalue weighted by Gasteiger charge is -2.14. The van der Waals surface area contributed by atoms with Crippen LogP contribution in [0.5, 0.6) is 0 Å². The molecule has 3 saturated carbocycles. The summed E-state index contributed by atoms with van der Waals surface area (Å²) in [5, 5.41) is 11.7. The molecular weight excluding hydrogens is 366 g/mol. The van der Waals surface area contributed by atoms with Gasteiger partial charge in [-0.3, -0.25) is 14.4 Å². The topological polar surface area (TPSA) is 83.5 Å². The molecule has 2 N–H and O–H groups in total. The van der Waals surface area contributed by atoms with Gasteiger partial charge in [-0.05, 0) is 51.4 Å². The SMILES string of the molecule is O=C1CCCCC1.O=C1CCCCC1.O=C1CCCCCN1.OC1CCCCC1. The number of Topliss-reactive ketones (excluding diaryl/α,β-unsaturated/α-hetero) is 2. The lowest BCUT2D eigenvalue weighted by Crippen LogP contribution is -2.21. The number of carbonyl (C=O) groups excluding carboxylic acids is 3. The highest BCUT2D eigenvalue weighted by atomic mass is 16.3. The number of hydrogen-bond donors (Lipinski definition) is 2. The normalized spacial score (nSPS) is 23.0. The average molecular weight is 410 g/mol. The molecule has 1 amide bonds. The molecule has 0 atom stereocenters. The van der Waals surface area contributed by atoms with Gasteiger partial charge < -0.3 is 10.4 Å². The first-order chi connectivity index (χ1) is 14.1. The van der Waals surface area contributed by atoms with Crippen molar-refractivity contribution in [3.8, 4) is 0 Å². The number of nitrogens with one attached hydrogen (secondary N) is 1. The zero-order chi connectivity index (χ0) is 21.2. The molecule has 0 radical (unpaired) electrons. The molecule has 0 bridgehead atoms. The molecule has 1 saturated heterocycles. The predicted molar refractivity (Wildman–Crippen MR) is 117 cm³/mol. The van der Waals surface area contributed by atoms with Gasteiger partial charge in [0.25, 0.3) is 0 Å². The number of ketones is 2. The molecule has 5 nitrogen and oxygen atoms in total. The van der Waals surface area contributed by atoms with Crippen LogP contribution in [0.1, 0.15) is 122 Å². The van der Waals surface area contributed by atoms with Crippen LogP contribution in [-0.2, 0) is 14.4 Å². The smallest absolute Gasteiger partial charge is 0.219 e. The van der Waals surface area contributed by atoms with Crippen molar-refractivity contribution in [2.24, 2.45) is 0 Å². The minimum Gasteiger partial charge on any atom is -0.393 e. The molecule has 5 heteroatoms. The Bertz CT molecular complexity index is 410. The van der Waals surface area contributed by atoms with Gasteiger partial charge in [-0.1, -0.05) is 38.5 Å². The zero-order valence-corrected chi connectivity index (χ0v) is 18.4. The average Bonchev–Trinajstić information content (AvgIpc) is 2.99. The summed E-state index contributed by atoms with van der Waals surface area (Å²) in [5.41, 5.74) is 0. The monoisotopic (exact) mass is 409 g/mol. The third kappa shape index (κ3) is 16.3. The van der Waals surface area contributed by atoms with E-state index in [1.165, 1.54) is 38.5 Å². The second kappa shape index (κ2) is 17.6. The Morgan fingerprint density at radius 2 is 0.966 bits per heavy atom. The standard InChI is InChI=1S/C6H11NO.C6H12O.2C6H10O/c8-6-4-2-1-3-5-7-6;3*7-6-4-2-1-3-5-6/h1-5H2,(H,7,8);6-7H,1-5H2;2*1-5H2. The Morgan fingerprint density at radius 3 is 1.34 bits per heavy atom. The third-order valence-corrected chi connectivity index (χ3v) is 5.80. The van der Waals surface area contributed by atoms with E-state index in [2.05, 4.69) is 5.32 Å². The van der Waals surface area contributed by atoms with Crippen LogP contribution < -0.4 is 5.32 Å². The van der Waals surface area contributed by atoms with E-state index in [1.54, 1.807) is 0 Å². The van der Waals surface area contributed by atoms with E-state index in [-0.39, 0.29) is 12.0 Å². The van der Waals surface area contributed by atoms with E-state index in [0.717, 1.165) is 90.0 Å². The summed E-state index contributed by atoms with van der Waals surface area (Å²) in [6.07, 6.45) is 20.6. The van der Waals surface area contributed by atoms with Crippen molar-refractivity contribution in [2.75, 3.05) is 6.54 Å². The van der Waals surface area contributed by atoms with E-state index < -0.39 is 0 Å². The number of rotatable bonds is 0. The Morgan fingerprint density at radius 1 is 0.552 bits per heavy atom. The molecule has 3 aliphatic carbocycles. The highest BCUT2D eigenvalue weighted by Gasteiger charge is 2.08. The molecule has 29 heavy (non-hydrogen) atoms. The van der Waals surface area contributed by atoms with Crippen molar-refractivity contribution in [3.05, 3.63) is 0 Å². The van der Waals surface area contributed by atoms with Crippen LogP contribution in [0.4, 0.5) is 0 Å². The van der Waals surface area contributed by atoms with E-state index in [1.807, 2.05) is 0 Å². The van der Waals surface area contributed by atoms with Gasteiger partial charge in [-0.2, -0.15) is 0 Å². The molecule has 0 spiro atoms. The molecule has 4 fully saturated rings. The van der Waals surface area contributed by atoms with Gasteiger partial charge in [-0.25, -0.2) is 0 Å². The number of aliphatic hydroxyl groups excluding tert-OH is 1. The first-order valence-electron chi connectivity index (χ1n) is 12.1. The predicted octanol–water partition coefficient (Wildman–Crippen LogP) is 5.03. The fraction of sp³-hybridized carbons (Fsp3) is 0.875. The van der Waals surface area contributed by atoms with Crippen molar-refractivity contribution in [1.29, 1.82) is 0 Å². The summed E-state index contributed by atoms with van der Waals surface area (Å²) in [6, 6.07) is 0. The highest BCUT2D eigenvalue weighted by Crippen LogP contribution is 2.16. The van der Waals surface area contributed by atoms with Gasteiger partial charge >= 0.3 is 0 Å². The summed E-state index contributed by atoms with van der Waals surface area (Å²) in [7, 11) is 0. The molecule has 1 aliphatic heterocycles. The van der Waals surface area contributed by atoms with Crippen LogP contribution in [0.3, 0.4) is 0 Å². The number of carbonyl (C=O) groups is 3. The van der Waals surface area contributed by atoms with Crippen LogP contribution in [-0.4, -0.2) is 35.2 Å². The second-order valence-electron chi connectivity index (χ2n) is 8.65. The lowest BCUT2D eigenvalue weighted by molar-refractivity contribution is -0.121. The Hall–Kier alpha value is -1.23. The fourth-order valence-corrected chi connectivity index (χ4v) is 3.88. The summed E-state index contributed by atoms with van der Waals surface area (Å²) in [5.74, 6) is 1.15. The molecule has 0 aromatic rings. The third-order valence-electron chi connectivity index (χ3n) is 5.80. The highest BCUT2D eigenvalue weighted by molar-refractivity contribution is 5.79. The number of aliphatic hydroxyl groups is 1. The summed E-state index contributed by atoms with van der Waals surface area (Å²) < 4.78 is 0. The Kier molecular flexibility index (Phi) is 15.7. The van der Waals surface area contributed by atoms with Crippen molar-refractivity contribution in [3.63, 3.8) is 0 Å². The van der Waals surface area contributed by atoms with Gasteiger partial charge in [0.05, 0.1) is 6.10 Å².